The number of nitrogens with zero attached hydrogens (tertiary/aromatic N) is 2. The summed E-state index contributed by atoms with van der Waals surface area (Å²) in [4.78, 5) is 14.9. The lowest BCUT2D eigenvalue weighted by Gasteiger charge is -2.39. The Hall–Kier alpha value is -2.56. The highest BCUT2D eigenvalue weighted by Gasteiger charge is 2.27. The lowest BCUT2D eigenvalue weighted by atomic mass is 10.0. The lowest BCUT2D eigenvalue weighted by Crippen LogP contribution is -2.46. The Morgan fingerprint density at radius 1 is 1.20 bits per heavy atom. The summed E-state index contributed by atoms with van der Waals surface area (Å²) in [6, 6.07) is 15.2. The van der Waals surface area contributed by atoms with E-state index in [0.717, 1.165) is 24.1 Å². The lowest BCUT2D eigenvalue weighted by molar-refractivity contribution is 0.131. The summed E-state index contributed by atoms with van der Waals surface area (Å²) >= 11 is 0. The number of halogens is 1. The molecule has 1 N–H and O–H groups in total. The van der Waals surface area contributed by atoms with Crippen molar-refractivity contribution in [1.29, 1.82) is 0 Å². The summed E-state index contributed by atoms with van der Waals surface area (Å²) in [5, 5.41) is 9.15. The van der Waals surface area contributed by atoms with Gasteiger partial charge in [0.05, 0.1) is 0 Å². The number of anilines is 1. The maximum absolute atomic E-state index is 13.2. The van der Waals surface area contributed by atoms with E-state index in [1.165, 1.54) is 22.6 Å². The largest absolute Gasteiger partial charge is 0.465 e. The Morgan fingerprint density at radius 2 is 1.88 bits per heavy atom. The van der Waals surface area contributed by atoms with Crippen LogP contribution in [0.15, 0.2) is 48.5 Å². The molecule has 1 heterocycles. The highest BCUT2D eigenvalue weighted by molar-refractivity contribution is 5.65. The predicted octanol–water partition coefficient (Wildman–Crippen LogP) is 4.28. The molecule has 0 atom stereocenters. The molecule has 4 nitrogen and oxygen atoms in total. The predicted molar refractivity (Wildman–Crippen MR) is 96.4 cm³/mol. The van der Waals surface area contributed by atoms with E-state index in [1.54, 1.807) is 0 Å². The third kappa shape index (κ3) is 4.29. The Morgan fingerprint density at radius 3 is 2.48 bits per heavy atom. The van der Waals surface area contributed by atoms with E-state index in [2.05, 4.69) is 30.0 Å². The van der Waals surface area contributed by atoms with Gasteiger partial charge in [-0.15, -0.1) is 0 Å². The van der Waals surface area contributed by atoms with Crippen molar-refractivity contribution in [2.24, 2.45) is 0 Å². The van der Waals surface area contributed by atoms with Crippen molar-refractivity contribution in [3.63, 3.8) is 0 Å². The highest BCUT2D eigenvalue weighted by Crippen LogP contribution is 2.26. The number of amides is 1. The molecule has 3 rings (SSSR count). The second-order valence-electron chi connectivity index (χ2n) is 6.59. The molecule has 0 radical (unpaired) electrons. The molecule has 132 valence electrons. The molecule has 0 aliphatic carbocycles. The maximum atomic E-state index is 13.2. The van der Waals surface area contributed by atoms with E-state index in [9.17, 15) is 9.18 Å². The molecule has 1 aliphatic heterocycles. The molecule has 1 fully saturated rings. The number of hydrogen-bond acceptors (Lipinski definition) is 2. The molecule has 1 amide bonds. The molecule has 2 aromatic carbocycles. The highest BCUT2D eigenvalue weighted by atomic mass is 19.1. The number of hydrogen-bond donors (Lipinski definition) is 1. The second kappa shape index (κ2) is 7.55. The second-order valence-corrected chi connectivity index (χ2v) is 6.59. The van der Waals surface area contributed by atoms with Gasteiger partial charge >= 0.3 is 6.09 Å². The van der Waals surface area contributed by atoms with Crippen LogP contribution < -0.4 is 4.90 Å². The summed E-state index contributed by atoms with van der Waals surface area (Å²) in [5.74, 6) is -0.236. The smallest absolute Gasteiger partial charge is 0.407 e. The normalized spacial score (nSPS) is 15.2. The van der Waals surface area contributed by atoms with Crippen LogP contribution in [0.1, 0.15) is 24.0 Å². The third-order valence-corrected chi connectivity index (χ3v) is 4.78. The molecule has 0 unspecified atom stereocenters. The van der Waals surface area contributed by atoms with Gasteiger partial charge in [0.2, 0.25) is 0 Å². The first kappa shape index (κ1) is 17.3. The molecule has 1 saturated heterocycles. The van der Waals surface area contributed by atoms with Crippen molar-refractivity contribution in [3.8, 4) is 0 Å². The van der Waals surface area contributed by atoms with Crippen LogP contribution in [0, 0.1) is 12.7 Å². The number of carboxylic acid groups (broad SMARTS) is 1. The topological polar surface area (TPSA) is 43.8 Å². The summed E-state index contributed by atoms with van der Waals surface area (Å²) in [6.07, 6.45) is 0.738. The van der Waals surface area contributed by atoms with Crippen LogP contribution in [-0.4, -0.2) is 35.2 Å². The van der Waals surface area contributed by atoms with Crippen LogP contribution in [0.4, 0.5) is 14.9 Å². The fraction of sp³-hybridized carbons (Fsp3) is 0.350. The van der Waals surface area contributed by atoms with Crippen LogP contribution in [-0.2, 0) is 6.54 Å². The van der Waals surface area contributed by atoms with Crippen LogP contribution >= 0.6 is 0 Å². The van der Waals surface area contributed by atoms with Gasteiger partial charge in [0.15, 0.2) is 0 Å². The fourth-order valence-corrected chi connectivity index (χ4v) is 3.39. The van der Waals surface area contributed by atoms with Gasteiger partial charge in [0.25, 0.3) is 0 Å². The molecule has 1 aliphatic rings. The molecule has 5 heteroatoms. The SMILES string of the molecule is Cc1cccc(N(Cc2ccc(F)cc2)C2CCN(C(=O)O)CC2)c1. The monoisotopic (exact) mass is 342 g/mol. The van der Waals surface area contributed by atoms with Crippen molar-refractivity contribution < 1.29 is 14.3 Å². The molecular formula is C20H23FN2O2. The molecule has 0 saturated carbocycles. The first-order valence-corrected chi connectivity index (χ1v) is 8.58. The minimum Gasteiger partial charge on any atom is -0.465 e. The number of benzene rings is 2. The molecule has 0 aromatic heterocycles. The van der Waals surface area contributed by atoms with Crippen LogP contribution in [0.5, 0.6) is 0 Å². The van der Waals surface area contributed by atoms with E-state index in [-0.39, 0.29) is 11.9 Å². The number of piperidine rings is 1. The van der Waals surface area contributed by atoms with Crippen LogP contribution in [0.25, 0.3) is 0 Å². The van der Waals surface area contributed by atoms with Gasteiger partial charge in [0.1, 0.15) is 5.82 Å². The van der Waals surface area contributed by atoms with Crippen molar-refractivity contribution in [3.05, 3.63) is 65.5 Å². The van der Waals surface area contributed by atoms with E-state index < -0.39 is 6.09 Å². The van der Waals surface area contributed by atoms with Crippen LogP contribution in [0.2, 0.25) is 0 Å². The van der Waals surface area contributed by atoms with Crippen molar-refractivity contribution in [1.82, 2.24) is 4.90 Å². The molecule has 25 heavy (non-hydrogen) atoms. The van der Waals surface area contributed by atoms with Gasteiger partial charge in [-0.25, -0.2) is 9.18 Å². The minimum atomic E-state index is -0.848. The zero-order chi connectivity index (χ0) is 17.8. The maximum Gasteiger partial charge on any atom is 0.407 e. The Labute approximate surface area is 147 Å². The zero-order valence-electron chi connectivity index (χ0n) is 14.4. The number of aryl methyl sites for hydroxylation is 1. The van der Waals surface area contributed by atoms with Gasteiger partial charge in [-0.1, -0.05) is 24.3 Å². The van der Waals surface area contributed by atoms with Crippen molar-refractivity contribution in [2.75, 3.05) is 18.0 Å². The van der Waals surface area contributed by atoms with E-state index in [4.69, 9.17) is 5.11 Å². The Balaban J connectivity index is 1.82. The van der Waals surface area contributed by atoms with Crippen molar-refractivity contribution >= 4 is 11.8 Å². The summed E-state index contributed by atoms with van der Waals surface area (Å²) < 4.78 is 13.2. The first-order chi connectivity index (χ1) is 12.0. The Bertz CT molecular complexity index is 725. The summed E-state index contributed by atoms with van der Waals surface area (Å²) in [5.41, 5.74) is 3.35. The van der Waals surface area contributed by atoms with Crippen molar-refractivity contribution in [2.45, 2.75) is 32.4 Å². The zero-order valence-corrected chi connectivity index (χ0v) is 14.4. The van der Waals surface area contributed by atoms with E-state index in [1.807, 2.05) is 18.2 Å². The quantitative estimate of drug-likeness (QED) is 0.902. The number of likely N-dealkylation sites (tertiary alicyclic amines) is 1. The van der Waals surface area contributed by atoms with Gasteiger partial charge in [0, 0.05) is 31.4 Å². The molecular weight excluding hydrogens is 319 g/mol. The van der Waals surface area contributed by atoms with E-state index >= 15 is 0 Å². The average Bonchev–Trinajstić information content (AvgIpc) is 2.61. The summed E-state index contributed by atoms with van der Waals surface area (Å²) in [6.45, 7) is 3.84. The number of rotatable bonds is 4. The van der Waals surface area contributed by atoms with Crippen LogP contribution in [0.3, 0.4) is 0 Å². The van der Waals surface area contributed by atoms with Gasteiger partial charge in [-0.05, 0) is 55.2 Å². The fourth-order valence-electron chi connectivity index (χ4n) is 3.39. The molecule has 0 bridgehead atoms. The number of carbonyl (C=O) groups is 1. The molecule has 2 aromatic rings. The standard InChI is InChI=1S/C20H23FN2O2/c1-15-3-2-4-19(13-15)23(14-16-5-7-17(21)8-6-16)18-9-11-22(12-10-18)20(24)25/h2-8,13,18H,9-12,14H2,1H3,(H,24,25). The first-order valence-electron chi connectivity index (χ1n) is 8.58. The summed E-state index contributed by atoms with van der Waals surface area (Å²) in [7, 11) is 0. The average molecular weight is 342 g/mol. The van der Waals surface area contributed by atoms with Gasteiger partial charge < -0.3 is 14.9 Å². The van der Waals surface area contributed by atoms with Gasteiger partial charge in [-0.3, -0.25) is 0 Å². The van der Waals surface area contributed by atoms with Gasteiger partial charge in [-0.2, -0.15) is 0 Å². The minimum absolute atomic E-state index is 0.236. The van der Waals surface area contributed by atoms with E-state index in [0.29, 0.717) is 19.6 Å². The molecule has 0 spiro atoms. The Kier molecular flexibility index (Phi) is 5.22. The third-order valence-electron chi connectivity index (χ3n) is 4.78.